The minimum absolute atomic E-state index is 0.848. The Bertz CT molecular complexity index is 115. The molecule has 0 aromatic rings. The van der Waals surface area contributed by atoms with Gasteiger partial charge in [-0.2, -0.15) is 0 Å². The van der Waals surface area contributed by atoms with Crippen molar-refractivity contribution >= 4 is 16.9 Å². The molecular weight excluding hydrogens is 150 g/mol. The molecule has 1 aliphatic heterocycles. The molecular formula is C5H13N3OS. The van der Waals surface area contributed by atoms with E-state index < -0.39 is 11.3 Å². The topological polar surface area (TPSA) is 58.4 Å². The molecule has 4 nitrogen and oxygen atoms in total. The number of piperazine rings is 1. The molecule has 0 bridgehead atoms. The van der Waals surface area contributed by atoms with Gasteiger partial charge in [0.25, 0.3) is 0 Å². The first kappa shape index (κ1) is 8.00. The standard InChI is InChI=1S/C5H13N3OS/c6-10(5-9)8-3-1-7-2-4-8/h5,7,10H,1-4,6H2. The van der Waals surface area contributed by atoms with Crippen LogP contribution in [0.15, 0.2) is 0 Å². The number of hydrogen-bond acceptors (Lipinski definition) is 4. The number of hydrogen-bond donors (Lipinski definition) is 3. The Morgan fingerprint density at radius 1 is 1.50 bits per heavy atom. The molecule has 0 aliphatic carbocycles. The van der Waals surface area contributed by atoms with E-state index in [0.717, 1.165) is 31.8 Å². The quantitative estimate of drug-likeness (QED) is 0.356. The molecule has 1 atom stereocenters. The summed E-state index contributed by atoms with van der Waals surface area (Å²) in [4.78, 5) is 10.2. The summed E-state index contributed by atoms with van der Waals surface area (Å²) in [5, 5.41) is 8.73. The van der Waals surface area contributed by atoms with E-state index in [-0.39, 0.29) is 0 Å². The fraction of sp³-hybridized carbons (Fsp3) is 0.800. The van der Waals surface area contributed by atoms with Gasteiger partial charge in [0, 0.05) is 26.2 Å². The Morgan fingerprint density at radius 3 is 2.60 bits per heavy atom. The zero-order valence-electron chi connectivity index (χ0n) is 5.79. The summed E-state index contributed by atoms with van der Waals surface area (Å²) in [7, 11) is 0. The first-order valence-corrected chi connectivity index (χ1v) is 4.72. The SMILES string of the molecule is N[SH](C=O)N1CCNCC1. The predicted octanol–water partition coefficient (Wildman–Crippen LogP) is -1.13. The third-order valence-electron chi connectivity index (χ3n) is 1.53. The van der Waals surface area contributed by atoms with E-state index in [1.54, 1.807) is 0 Å². The van der Waals surface area contributed by atoms with Crippen LogP contribution >= 0.6 is 11.3 Å². The monoisotopic (exact) mass is 163 g/mol. The van der Waals surface area contributed by atoms with Crippen LogP contribution in [0.1, 0.15) is 0 Å². The van der Waals surface area contributed by atoms with Crippen LogP contribution in [0.3, 0.4) is 0 Å². The highest BCUT2D eigenvalue weighted by atomic mass is 32.2. The molecule has 1 aliphatic rings. The van der Waals surface area contributed by atoms with Crippen LogP contribution in [-0.2, 0) is 4.79 Å². The summed E-state index contributed by atoms with van der Waals surface area (Å²) >= 11 is -0.984. The maximum Gasteiger partial charge on any atom is 0.181 e. The van der Waals surface area contributed by atoms with Crippen molar-refractivity contribution in [3.8, 4) is 0 Å². The summed E-state index contributed by atoms with van der Waals surface area (Å²) in [6.45, 7) is 3.70. The second-order valence-corrected chi connectivity index (χ2v) is 3.73. The zero-order chi connectivity index (χ0) is 7.40. The van der Waals surface area contributed by atoms with Crippen LogP contribution in [0.2, 0.25) is 0 Å². The lowest BCUT2D eigenvalue weighted by molar-refractivity contribution is 0.393. The van der Waals surface area contributed by atoms with E-state index >= 15 is 0 Å². The van der Waals surface area contributed by atoms with Crippen LogP contribution in [0.4, 0.5) is 0 Å². The lowest BCUT2D eigenvalue weighted by atomic mass is 10.4. The van der Waals surface area contributed by atoms with E-state index in [4.69, 9.17) is 5.14 Å². The predicted molar refractivity (Wildman–Crippen MR) is 44.4 cm³/mol. The van der Waals surface area contributed by atoms with Crippen LogP contribution < -0.4 is 10.5 Å². The molecule has 3 N–H and O–H groups in total. The average molecular weight is 163 g/mol. The third-order valence-corrected chi connectivity index (χ3v) is 2.80. The number of thiol groups is 1. The van der Waals surface area contributed by atoms with Crippen LogP contribution in [-0.4, -0.2) is 36.1 Å². The minimum atomic E-state index is -0.984. The molecule has 5 heteroatoms. The van der Waals surface area contributed by atoms with Crippen LogP contribution in [0.25, 0.3) is 0 Å². The summed E-state index contributed by atoms with van der Waals surface area (Å²) < 4.78 is 2.03. The van der Waals surface area contributed by atoms with Crippen molar-refractivity contribution in [1.82, 2.24) is 9.62 Å². The highest BCUT2D eigenvalue weighted by Gasteiger charge is 2.12. The van der Waals surface area contributed by atoms with E-state index in [2.05, 4.69) is 5.32 Å². The van der Waals surface area contributed by atoms with Gasteiger partial charge in [-0.3, -0.25) is 14.2 Å². The normalized spacial score (nSPS) is 25.9. The zero-order valence-corrected chi connectivity index (χ0v) is 6.68. The fourth-order valence-electron chi connectivity index (χ4n) is 0.951. The van der Waals surface area contributed by atoms with Crippen molar-refractivity contribution in [3.05, 3.63) is 0 Å². The summed E-state index contributed by atoms with van der Waals surface area (Å²) in [5.41, 5.74) is 0.848. The molecule has 0 saturated carbocycles. The molecule has 1 unspecified atom stereocenters. The molecule has 60 valence electrons. The van der Waals surface area contributed by atoms with Crippen molar-refractivity contribution in [2.75, 3.05) is 26.2 Å². The van der Waals surface area contributed by atoms with E-state index in [1.165, 1.54) is 0 Å². The molecule has 0 spiro atoms. The Kier molecular flexibility index (Phi) is 3.14. The summed E-state index contributed by atoms with van der Waals surface area (Å²) in [6, 6.07) is 0. The Hall–Kier alpha value is -0.100. The van der Waals surface area contributed by atoms with Crippen molar-refractivity contribution < 1.29 is 4.79 Å². The van der Waals surface area contributed by atoms with Crippen LogP contribution in [0, 0.1) is 0 Å². The van der Waals surface area contributed by atoms with Gasteiger partial charge in [0.05, 0.1) is 0 Å². The van der Waals surface area contributed by atoms with Gasteiger partial charge in [0.1, 0.15) is 0 Å². The van der Waals surface area contributed by atoms with Crippen molar-refractivity contribution in [2.24, 2.45) is 5.14 Å². The largest absolute Gasteiger partial charge is 0.314 e. The number of nitrogens with one attached hydrogen (secondary N) is 1. The lowest BCUT2D eigenvalue weighted by Gasteiger charge is -2.31. The first-order chi connectivity index (χ1) is 4.84. The van der Waals surface area contributed by atoms with Crippen molar-refractivity contribution in [1.29, 1.82) is 0 Å². The molecule has 10 heavy (non-hydrogen) atoms. The fourth-order valence-corrected chi connectivity index (χ4v) is 1.75. The Balaban J connectivity index is 2.30. The highest BCUT2D eigenvalue weighted by Crippen LogP contribution is 2.16. The number of carbonyl (C=O) groups is 1. The van der Waals surface area contributed by atoms with Gasteiger partial charge in [0.2, 0.25) is 0 Å². The van der Waals surface area contributed by atoms with Gasteiger partial charge in [-0.25, -0.2) is 0 Å². The number of carbonyl (C=O) groups excluding carboxylic acids is 1. The molecule has 1 fully saturated rings. The Morgan fingerprint density at radius 2 is 2.10 bits per heavy atom. The molecule has 1 rings (SSSR count). The smallest absolute Gasteiger partial charge is 0.181 e. The van der Waals surface area contributed by atoms with Gasteiger partial charge in [-0.15, -0.1) is 0 Å². The van der Waals surface area contributed by atoms with E-state index in [1.807, 2.05) is 4.31 Å². The van der Waals surface area contributed by atoms with Crippen LogP contribution in [0.5, 0.6) is 0 Å². The maximum atomic E-state index is 10.2. The van der Waals surface area contributed by atoms with Gasteiger partial charge in [-0.1, -0.05) is 11.3 Å². The van der Waals surface area contributed by atoms with Crippen molar-refractivity contribution in [3.63, 3.8) is 0 Å². The molecule has 0 amide bonds. The Labute approximate surface area is 63.4 Å². The molecule has 0 aromatic heterocycles. The molecule has 1 saturated heterocycles. The number of nitrogens with two attached hydrogens (primary N) is 1. The summed E-state index contributed by atoms with van der Waals surface area (Å²) in [5.74, 6) is 0. The second-order valence-electron chi connectivity index (χ2n) is 2.19. The van der Waals surface area contributed by atoms with Gasteiger partial charge >= 0.3 is 0 Å². The highest BCUT2D eigenvalue weighted by molar-refractivity contribution is 8.24. The van der Waals surface area contributed by atoms with E-state index in [9.17, 15) is 4.79 Å². The third kappa shape index (κ3) is 1.95. The number of rotatable bonds is 2. The van der Waals surface area contributed by atoms with Gasteiger partial charge in [0.15, 0.2) is 5.62 Å². The van der Waals surface area contributed by atoms with Crippen molar-refractivity contribution in [2.45, 2.75) is 0 Å². The lowest BCUT2D eigenvalue weighted by Crippen LogP contribution is -2.43. The van der Waals surface area contributed by atoms with Gasteiger partial charge in [-0.05, 0) is 0 Å². The van der Waals surface area contributed by atoms with E-state index in [0.29, 0.717) is 0 Å². The maximum absolute atomic E-state index is 10.2. The average Bonchev–Trinajstić information content (AvgIpc) is 2.05. The molecule has 0 aromatic carbocycles. The summed E-state index contributed by atoms with van der Waals surface area (Å²) in [6.07, 6.45) is 0. The number of nitrogens with zero attached hydrogens (tertiary/aromatic N) is 1. The molecule has 0 radical (unpaired) electrons. The first-order valence-electron chi connectivity index (χ1n) is 3.29. The second kappa shape index (κ2) is 3.92. The molecule has 1 heterocycles. The minimum Gasteiger partial charge on any atom is -0.314 e. The van der Waals surface area contributed by atoms with Gasteiger partial charge < -0.3 is 5.32 Å².